The summed E-state index contributed by atoms with van der Waals surface area (Å²) in [5.41, 5.74) is 1.23. The number of benzene rings is 2. The molecule has 2 aromatic carbocycles. The van der Waals surface area contributed by atoms with Gasteiger partial charge < -0.3 is 9.33 Å². The Balaban J connectivity index is 2.18. The molecule has 0 saturated carbocycles. The third kappa shape index (κ3) is 6.92. The summed E-state index contributed by atoms with van der Waals surface area (Å²) in [5, 5.41) is 0.0797. The summed E-state index contributed by atoms with van der Waals surface area (Å²) in [6.07, 6.45) is -3.87. The van der Waals surface area contributed by atoms with Gasteiger partial charge in [0.15, 0.2) is 8.32 Å². The molecule has 0 aliphatic heterocycles. The van der Waals surface area contributed by atoms with E-state index < -0.39 is 20.1 Å². The van der Waals surface area contributed by atoms with Crippen LogP contribution in [0.15, 0.2) is 54.6 Å². The summed E-state index contributed by atoms with van der Waals surface area (Å²) in [5.74, 6) is 0. The maximum absolute atomic E-state index is 13.0. The fourth-order valence-corrected chi connectivity index (χ4v) is 4.55. The summed E-state index contributed by atoms with van der Waals surface area (Å²) in [6, 6.07) is 15.9. The second-order valence-electron chi connectivity index (χ2n) is 9.88. The van der Waals surface area contributed by atoms with E-state index in [2.05, 4.69) is 57.8 Å². The van der Waals surface area contributed by atoms with E-state index in [1.54, 1.807) is 6.07 Å². The van der Waals surface area contributed by atoms with Crippen molar-refractivity contribution >= 4 is 8.32 Å². The van der Waals surface area contributed by atoms with Crippen LogP contribution in [0, 0.1) is 0 Å². The fraction of sp³-hybridized carbons (Fsp3) is 0.520. The van der Waals surface area contributed by atoms with Gasteiger partial charge in [-0.15, -0.1) is 0 Å². The van der Waals surface area contributed by atoms with Gasteiger partial charge in [-0.05, 0) is 55.7 Å². The summed E-state index contributed by atoms with van der Waals surface area (Å²) >= 11 is 0. The van der Waals surface area contributed by atoms with E-state index in [1.807, 2.05) is 25.2 Å². The van der Waals surface area contributed by atoms with E-state index in [4.69, 9.17) is 4.43 Å². The Morgan fingerprint density at radius 2 is 1.58 bits per heavy atom. The molecule has 0 aromatic heterocycles. The molecule has 2 nitrogen and oxygen atoms in total. The maximum atomic E-state index is 13.0. The molecule has 0 N–H and O–H groups in total. The van der Waals surface area contributed by atoms with Crippen molar-refractivity contribution in [3.63, 3.8) is 0 Å². The van der Waals surface area contributed by atoms with Crippen molar-refractivity contribution in [1.82, 2.24) is 4.90 Å². The zero-order valence-corrected chi connectivity index (χ0v) is 20.8. The molecule has 0 amide bonds. The van der Waals surface area contributed by atoms with Gasteiger partial charge in [-0.2, -0.15) is 13.2 Å². The molecule has 31 heavy (non-hydrogen) atoms. The molecule has 2 atom stereocenters. The SMILES string of the molecule is C[C@@H]([C@H](O[Si](C)(C)C(C)(C)C)c1ccccc1)N(C)CCc1cccc(C(F)(F)F)c1. The van der Waals surface area contributed by atoms with Gasteiger partial charge in [0.2, 0.25) is 0 Å². The standard InChI is InChI=1S/C25H36F3NOSi/c1-19(29(5)17-16-20-12-11-15-22(18-20)25(26,27)28)23(21-13-9-8-10-14-21)30-31(6,7)24(2,3)4/h8-15,18-19,23H,16-17H2,1-7H3/t19-,23-/m0/s1. The second-order valence-corrected chi connectivity index (χ2v) is 14.6. The monoisotopic (exact) mass is 451 g/mol. The van der Waals surface area contributed by atoms with Gasteiger partial charge in [-0.25, -0.2) is 0 Å². The molecule has 2 aromatic rings. The van der Waals surface area contributed by atoms with E-state index >= 15 is 0 Å². The lowest BCUT2D eigenvalue weighted by Gasteiger charge is -2.43. The third-order valence-electron chi connectivity index (χ3n) is 6.50. The summed E-state index contributed by atoms with van der Waals surface area (Å²) in [4.78, 5) is 2.19. The third-order valence-corrected chi connectivity index (χ3v) is 11.0. The Hall–Kier alpha value is -1.63. The van der Waals surface area contributed by atoms with Crippen LogP contribution in [-0.4, -0.2) is 32.9 Å². The smallest absolute Gasteiger partial charge is 0.408 e. The molecule has 0 aliphatic carbocycles. The number of alkyl halides is 3. The average Bonchev–Trinajstić information content (AvgIpc) is 2.69. The van der Waals surface area contributed by atoms with Crippen molar-refractivity contribution in [2.24, 2.45) is 0 Å². The first-order valence-electron chi connectivity index (χ1n) is 10.8. The van der Waals surface area contributed by atoms with Gasteiger partial charge in [0.25, 0.3) is 0 Å². The normalized spacial score (nSPS) is 15.2. The van der Waals surface area contributed by atoms with Crippen molar-refractivity contribution < 1.29 is 17.6 Å². The van der Waals surface area contributed by atoms with Gasteiger partial charge in [-0.3, -0.25) is 0 Å². The lowest BCUT2D eigenvalue weighted by atomic mass is 10.0. The quantitative estimate of drug-likeness (QED) is 0.390. The van der Waals surface area contributed by atoms with Crippen molar-refractivity contribution in [2.45, 2.75) is 70.6 Å². The number of hydrogen-bond donors (Lipinski definition) is 0. The molecule has 6 heteroatoms. The molecular weight excluding hydrogens is 415 g/mol. The van der Waals surface area contributed by atoms with Crippen LogP contribution in [0.2, 0.25) is 18.1 Å². The summed E-state index contributed by atoms with van der Waals surface area (Å²) < 4.78 is 45.9. The maximum Gasteiger partial charge on any atom is 0.416 e. The highest BCUT2D eigenvalue weighted by Crippen LogP contribution is 2.41. The number of halogens is 3. The number of nitrogens with zero attached hydrogens (tertiary/aromatic N) is 1. The molecule has 0 unspecified atom stereocenters. The molecule has 0 aliphatic rings. The predicted octanol–water partition coefficient (Wildman–Crippen LogP) is 7.33. The molecule has 0 spiro atoms. The summed E-state index contributed by atoms with van der Waals surface area (Å²) in [6.45, 7) is 14.0. The predicted molar refractivity (Wildman–Crippen MR) is 125 cm³/mol. The van der Waals surface area contributed by atoms with E-state index in [0.29, 0.717) is 18.5 Å². The highest BCUT2D eigenvalue weighted by molar-refractivity contribution is 6.74. The lowest BCUT2D eigenvalue weighted by Crippen LogP contribution is -2.46. The minimum Gasteiger partial charge on any atom is -0.408 e. The zero-order chi connectivity index (χ0) is 23.4. The molecule has 172 valence electrons. The zero-order valence-electron chi connectivity index (χ0n) is 19.8. The number of hydrogen-bond acceptors (Lipinski definition) is 2. The van der Waals surface area contributed by atoms with E-state index in [0.717, 1.165) is 11.6 Å². The van der Waals surface area contributed by atoms with Gasteiger partial charge in [0.05, 0.1) is 11.7 Å². The van der Waals surface area contributed by atoms with E-state index in [1.165, 1.54) is 12.1 Å². The van der Waals surface area contributed by atoms with Crippen LogP contribution in [-0.2, 0) is 17.0 Å². The largest absolute Gasteiger partial charge is 0.416 e. The molecule has 0 fully saturated rings. The first kappa shape index (κ1) is 25.6. The van der Waals surface area contributed by atoms with E-state index in [9.17, 15) is 13.2 Å². The Morgan fingerprint density at radius 1 is 0.968 bits per heavy atom. The van der Waals surface area contributed by atoms with Crippen molar-refractivity contribution in [2.75, 3.05) is 13.6 Å². The van der Waals surface area contributed by atoms with Crippen LogP contribution in [0.25, 0.3) is 0 Å². The van der Waals surface area contributed by atoms with Crippen LogP contribution < -0.4 is 0 Å². The van der Waals surface area contributed by atoms with Gasteiger partial charge in [-0.1, -0.05) is 69.3 Å². The van der Waals surface area contributed by atoms with Gasteiger partial charge in [0, 0.05) is 12.6 Å². The van der Waals surface area contributed by atoms with Crippen molar-refractivity contribution in [3.8, 4) is 0 Å². The Labute approximate surface area is 186 Å². The Kier molecular flexibility index (Phi) is 8.17. The second kappa shape index (κ2) is 9.88. The number of rotatable bonds is 8. The molecule has 0 bridgehead atoms. The Bertz CT molecular complexity index is 831. The molecular formula is C25H36F3NOSi. The van der Waals surface area contributed by atoms with Gasteiger partial charge in [0.1, 0.15) is 0 Å². The van der Waals surface area contributed by atoms with Gasteiger partial charge >= 0.3 is 6.18 Å². The Morgan fingerprint density at radius 3 is 2.13 bits per heavy atom. The number of likely N-dealkylation sites (N-methyl/N-ethyl adjacent to an activating group) is 1. The van der Waals surface area contributed by atoms with Crippen LogP contribution in [0.4, 0.5) is 13.2 Å². The minimum absolute atomic E-state index is 0.0716. The first-order chi connectivity index (χ1) is 14.2. The topological polar surface area (TPSA) is 12.5 Å². The van der Waals surface area contributed by atoms with Crippen molar-refractivity contribution in [3.05, 3.63) is 71.3 Å². The minimum atomic E-state index is -4.31. The highest BCUT2D eigenvalue weighted by Gasteiger charge is 2.41. The molecule has 2 rings (SSSR count). The van der Waals surface area contributed by atoms with Crippen LogP contribution in [0.1, 0.15) is 50.5 Å². The van der Waals surface area contributed by atoms with E-state index in [-0.39, 0.29) is 17.2 Å². The molecule has 0 heterocycles. The van der Waals surface area contributed by atoms with Crippen LogP contribution in [0.5, 0.6) is 0 Å². The summed E-state index contributed by atoms with van der Waals surface area (Å²) in [7, 11) is -0.00933. The first-order valence-corrected chi connectivity index (χ1v) is 13.7. The highest BCUT2D eigenvalue weighted by atomic mass is 28.4. The lowest BCUT2D eigenvalue weighted by molar-refractivity contribution is -0.137. The average molecular weight is 452 g/mol. The molecule has 0 saturated heterocycles. The fourth-order valence-electron chi connectivity index (χ4n) is 3.23. The molecule has 0 radical (unpaired) electrons. The van der Waals surface area contributed by atoms with Crippen molar-refractivity contribution in [1.29, 1.82) is 0 Å². The van der Waals surface area contributed by atoms with Crippen LogP contribution >= 0.6 is 0 Å². The van der Waals surface area contributed by atoms with Crippen LogP contribution in [0.3, 0.4) is 0 Å².